The van der Waals surface area contributed by atoms with E-state index >= 15 is 0 Å². The van der Waals surface area contributed by atoms with E-state index in [2.05, 4.69) is 0 Å². The fraction of sp³-hybridized carbons (Fsp3) is 0.909. The normalized spacial score (nSPS) is 27.1. The number of aliphatic carboxylic acids is 1. The minimum atomic E-state index is -0.531. The Morgan fingerprint density at radius 1 is 1.00 bits per heavy atom. The fourth-order valence-electron chi connectivity index (χ4n) is 2.90. The largest absolute Gasteiger partial charge is 0.481 e. The Morgan fingerprint density at radius 2 is 1.46 bits per heavy atom. The van der Waals surface area contributed by atoms with Gasteiger partial charge in [-0.05, 0) is 37.5 Å². The molecule has 2 nitrogen and oxygen atoms in total. The fourth-order valence-corrected chi connectivity index (χ4v) is 2.90. The van der Waals surface area contributed by atoms with Crippen LogP contribution in [-0.2, 0) is 4.79 Å². The third-order valence-electron chi connectivity index (χ3n) is 3.85. The Bertz CT molecular complexity index is 190. The molecule has 1 N–H and O–H groups in total. The van der Waals surface area contributed by atoms with E-state index in [1.165, 1.54) is 19.3 Å². The minimum absolute atomic E-state index is 0.00347. The molecule has 2 aliphatic carbocycles. The van der Waals surface area contributed by atoms with Crippen molar-refractivity contribution < 1.29 is 9.90 Å². The van der Waals surface area contributed by atoms with Gasteiger partial charge in [0, 0.05) is 0 Å². The highest BCUT2D eigenvalue weighted by atomic mass is 16.4. The van der Waals surface area contributed by atoms with E-state index in [0.717, 1.165) is 25.7 Å². The van der Waals surface area contributed by atoms with E-state index in [0.29, 0.717) is 11.8 Å². The summed E-state index contributed by atoms with van der Waals surface area (Å²) in [4.78, 5) is 11.1. The van der Waals surface area contributed by atoms with E-state index in [9.17, 15) is 4.79 Å². The van der Waals surface area contributed by atoms with Gasteiger partial charge in [0.15, 0.2) is 0 Å². The molecule has 0 amide bonds. The minimum Gasteiger partial charge on any atom is -0.481 e. The summed E-state index contributed by atoms with van der Waals surface area (Å²) in [6, 6.07) is 0. The third-order valence-corrected chi connectivity index (χ3v) is 3.85. The van der Waals surface area contributed by atoms with Crippen LogP contribution in [0.2, 0.25) is 0 Å². The van der Waals surface area contributed by atoms with Crippen LogP contribution < -0.4 is 0 Å². The molecule has 74 valence electrons. The third kappa shape index (κ3) is 1.72. The topological polar surface area (TPSA) is 37.3 Å². The summed E-state index contributed by atoms with van der Waals surface area (Å²) in [5, 5.41) is 9.17. The van der Waals surface area contributed by atoms with Gasteiger partial charge in [0.2, 0.25) is 0 Å². The molecule has 0 aliphatic heterocycles. The van der Waals surface area contributed by atoms with Gasteiger partial charge in [-0.3, -0.25) is 4.79 Å². The molecule has 0 heterocycles. The van der Waals surface area contributed by atoms with Crippen molar-refractivity contribution in [2.75, 3.05) is 0 Å². The van der Waals surface area contributed by atoms with Crippen LogP contribution in [0.4, 0.5) is 0 Å². The maximum absolute atomic E-state index is 11.1. The highest BCUT2D eigenvalue weighted by molar-refractivity contribution is 5.71. The maximum Gasteiger partial charge on any atom is 0.307 e. The van der Waals surface area contributed by atoms with E-state index in [4.69, 9.17) is 5.11 Å². The molecule has 0 spiro atoms. The van der Waals surface area contributed by atoms with Crippen molar-refractivity contribution in [1.82, 2.24) is 0 Å². The molecule has 2 rings (SSSR count). The monoisotopic (exact) mass is 182 g/mol. The first-order chi connectivity index (χ1) is 6.29. The maximum atomic E-state index is 11.1. The van der Waals surface area contributed by atoms with Crippen LogP contribution in [0, 0.1) is 17.8 Å². The van der Waals surface area contributed by atoms with Crippen molar-refractivity contribution in [3.8, 4) is 0 Å². The first-order valence-electron chi connectivity index (χ1n) is 5.52. The van der Waals surface area contributed by atoms with Gasteiger partial charge in [0.1, 0.15) is 0 Å². The molecular weight excluding hydrogens is 164 g/mol. The number of carbonyl (C=O) groups is 1. The Kier molecular flexibility index (Phi) is 2.56. The molecule has 0 bridgehead atoms. The summed E-state index contributed by atoms with van der Waals surface area (Å²) in [6.07, 6.45) is 8.39. The number of rotatable bonds is 3. The van der Waals surface area contributed by atoms with Crippen molar-refractivity contribution in [1.29, 1.82) is 0 Å². The van der Waals surface area contributed by atoms with Crippen molar-refractivity contribution in [3.05, 3.63) is 0 Å². The molecule has 13 heavy (non-hydrogen) atoms. The second kappa shape index (κ2) is 3.69. The van der Waals surface area contributed by atoms with Crippen LogP contribution in [0.25, 0.3) is 0 Å². The number of carboxylic acid groups (broad SMARTS) is 1. The van der Waals surface area contributed by atoms with Gasteiger partial charge < -0.3 is 5.11 Å². The van der Waals surface area contributed by atoms with E-state index in [-0.39, 0.29) is 5.92 Å². The number of carboxylic acids is 1. The van der Waals surface area contributed by atoms with Crippen LogP contribution in [-0.4, -0.2) is 11.1 Å². The van der Waals surface area contributed by atoms with Gasteiger partial charge in [0.25, 0.3) is 0 Å². The zero-order valence-electron chi connectivity index (χ0n) is 8.04. The molecule has 0 aromatic rings. The Hall–Kier alpha value is -0.530. The highest BCUT2D eigenvalue weighted by Crippen LogP contribution is 2.43. The number of hydrogen-bond donors (Lipinski definition) is 1. The zero-order valence-corrected chi connectivity index (χ0v) is 8.04. The lowest BCUT2D eigenvalue weighted by molar-refractivity contribution is -0.147. The molecule has 2 fully saturated rings. The van der Waals surface area contributed by atoms with E-state index < -0.39 is 5.97 Å². The summed E-state index contributed by atoms with van der Waals surface area (Å²) in [5.41, 5.74) is 0. The molecule has 0 aromatic carbocycles. The molecule has 0 radical (unpaired) electrons. The Morgan fingerprint density at radius 3 is 1.77 bits per heavy atom. The van der Waals surface area contributed by atoms with Gasteiger partial charge in [-0.1, -0.05) is 19.3 Å². The van der Waals surface area contributed by atoms with Gasteiger partial charge in [-0.2, -0.15) is 0 Å². The average Bonchev–Trinajstić information content (AvgIpc) is 2.46. The summed E-state index contributed by atoms with van der Waals surface area (Å²) >= 11 is 0. The lowest BCUT2D eigenvalue weighted by atomic mass is 9.70. The quantitative estimate of drug-likeness (QED) is 0.728. The number of hydrogen-bond acceptors (Lipinski definition) is 1. The second-order valence-electron chi connectivity index (χ2n) is 4.60. The average molecular weight is 182 g/mol. The second-order valence-corrected chi connectivity index (χ2v) is 4.60. The van der Waals surface area contributed by atoms with Crippen molar-refractivity contribution >= 4 is 5.97 Å². The van der Waals surface area contributed by atoms with Crippen LogP contribution in [0.3, 0.4) is 0 Å². The molecule has 2 heteroatoms. The van der Waals surface area contributed by atoms with Crippen LogP contribution in [0.5, 0.6) is 0 Å². The lowest BCUT2D eigenvalue weighted by Gasteiger charge is -2.34. The molecule has 2 aliphatic rings. The molecule has 2 saturated carbocycles. The first-order valence-corrected chi connectivity index (χ1v) is 5.52. The zero-order chi connectivity index (χ0) is 9.26. The SMILES string of the molecule is O=C(O)C(C1CCCC1)C1CCC1. The predicted molar refractivity (Wildman–Crippen MR) is 50.4 cm³/mol. The van der Waals surface area contributed by atoms with Gasteiger partial charge in [-0.15, -0.1) is 0 Å². The summed E-state index contributed by atoms with van der Waals surface area (Å²) in [6.45, 7) is 0. The van der Waals surface area contributed by atoms with Crippen molar-refractivity contribution in [2.24, 2.45) is 17.8 Å². The molecule has 1 unspecified atom stereocenters. The summed E-state index contributed by atoms with van der Waals surface area (Å²) in [5.74, 6) is 0.483. The van der Waals surface area contributed by atoms with Crippen molar-refractivity contribution in [2.45, 2.75) is 44.9 Å². The summed E-state index contributed by atoms with van der Waals surface area (Å²) < 4.78 is 0. The van der Waals surface area contributed by atoms with Crippen LogP contribution in [0.1, 0.15) is 44.9 Å². The van der Waals surface area contributed by atoms with Gasteiger partial charge >= 0.3 is 5.97 Å². The molecular formula is C11H18O2. The lowest BCUT2D eigenvalue weighted by Crippen LogP contribution is -2.33. The van der Waals surface area contributed by atoms with Crippen LogP contribution in [0.15, 0.2) is 0 Å². The first kappa shape index (κ1) is 9.04. The van der Waals surface area contributed by atoms with Gasteiger partial charge in [-0.25, -0.2) is 0 Å². The molecule has 1 atom stereocenters. The summed E-state index contributed by atoms with van der Waals surface area (Å²) in [7, 11) is 0. The Labute approximate surface area is 79.3 Å². The van der Waals surface area contributed by atoms with E-state index in [1.54, 1.807) is 0 Å². The molecule has 0 aromatic heterocycles. The highest BCUT2D eigenvalue weighted by Gasteiger charge is 2.39. The van der Waals surface area contributed by atoms with Gasteiger partial charge in [0.05, 0.1) is 5.92 Å². The predicted octanol–water partition coefficient (Wildman–Crippen LogP) is 2.68. The molecule has 0 saturated heterocycles. The Balaban J connectivity index is 1.98. The van der Waals surface area contributed by atoms with Crippen molar-refractivity contribution in [3.63, 3.8) is 0 Å². The van der Waals surface area contributed by atoms with E-state index in [1.807, 2.05) is 0 Å². The van der Waals surface area contributed by atoms with Crippen LogP contribution >= 0.6 is 0 Å². The standard InChI is InChI=1S/C11H18O2/c12-11(13)10(9-6-3-7-9)8-4-1-2-5-8/h8-10H,1-7H2,(H,12,13). The smallest absolute Gasteiger partial charge is 0.307 e.